The van der Waals surface area contributed by atoms with Crippen LogP contribution in [0.25, 0.3) is 22.6 Å². The van der Waals surface area contributed by atoms with Crippen LogP contribution in [0, 0.1) is 13.8 Å². The molecule has 0 saturated carbocycles. The molecule has 0 fully saturated rings. The molecule has 2 N–H and O–H groups in total. The molecule has 0 radical (unpaired) electrons. The van der Waals surface area contributed by atoms with Crippen molar-refractivity contribution in [2.45, 2.75) is 33.0 Å². The van der Waals surface area contributed by atoms with E-state index in [1.165, 1.54) is 0 Å². The van der Waals surface area contributed by atoms with Gasteiger partial charge in [0.1, 0.15) is 5.69 Å². The summed E-state index contributed by atoms with van der Waals surface area (Å²) in [5.74, 6) is -1.32. The lowest BCUT2D eigenvalue weighted by Crippen LogP contribution is -2.40. The number of rotatable bonds is 3. The van der Waals surface area contributed by atoms with E-state index in [-0.39, 0.29) is 19.5 Å². The van der Waals surface area contributed by atoms with Crippen LogP contribution in [-0.4, -0.2) is 51.4 Å². The van der Waals surface area contributed by atoms with Gasteiger partial charge in [0, 0.05) is 12.1 Å². The van der Waals surface area contributed by atoms with Gasteiger partial charge in [0.05, 0.1) is 23.3 Å². The molecule has 3 aromatic rings. The Bertz CT molecular complexity index is 1120. The molecule has 0 unspecified atom stereocenters. The zero-order valence-corrected chi connectivity index (χ0v) is 16.0. The zero-order chi connectivity index (χ0) is 20.3. The lowest BCUT2D eigenvalue weighted by atomic mass is 10.1. The summed E-state index contributed by atoms with van der Waals surface area (Å²) >= 11 is 0. The molecule has 2 aromatic heterocycles. The maximum absolute atomic E-state index is 12.5. The fourth-order valence-corrected chi connectivity index (χ4v) is 4.70. The Hall–Kier alpha value is -2.40. The maximum Gasteiger partial charge on any atom is 0.404 e. The van der Waals surface area contributed by atoms with E-state index in [9.17, 15) is 21.6 Å². The average Bonchev–Trinajstić information content (AvgIpc) is 3.16. The minimum Gasteiger partial charge on any atom is -0.337 e. The number of nitrogens with zero attached hydrogens (tertiary/aromatic N) is 3. The number of alkyl halides is 3. The lowest BCUT2D eigenvalue weighted by Gasteiger charge is -2.26. The summed E-state index contributed by atoms with van der Waals surface area (Å²) in [6, 6.07) is 3.96. The first-order chi connectivity index (χ1) is 13.0. The van der Waals surface area contributed by atoms with Crippen molar-refractivity contribution >= 4 is 21.1 Å². The molecule has 1 aliphatic rings. The summed E-state index contributed by atoms with van der Waals surface area (Å²) in [4.78, 5) is 7.78. The Balaban J connectivity index is 1.64. The SMILES string of the molecule is Cc1cc2nc(-c3n[nH]c4c3CCN(S(=O)(=O)CC(F)(F)F)C4)[nH]c2cc1C. The van der Waals surface area contributed by atoms with Crippen LogP contribution < -0.4 is 0 Å². The lowest BCUT2D eigenvalue weighted by molar-refractivity contribution is -0.107. The highest BCUT2D eigenvalue weighted by Gasteiger charge is 2.40. The third kappa shape index (κ3) is 3.39. The largest absolute Gasteiger partial charge is 0.404 e. The van der Waals surface area contributed by atoms with E-state index in [0.717, 1.165) is 32.0 Å². The minimum atomic E-state index is -4.78. The molecule has 28 heavy (non-hydrogen) atoms. The Morgan fingerprint density at radius 3 is 2.64 bits per heavy atom. The Morgan fingerprint density at radius 1 is 1.21 bits per heavy atom. The molecule has 0 spiro atoms. The van der Waals surface area contributed by atoms with E-state index >= 15 is 0 Å². The molecule has 4 rings (SSSR count). The van der Waals surface area contributed by atoms with E-state index < -0.39 is 22.0 Å². The third-order valence-corrected chi connectivity index (χ3v) is 6.75. The van der Waals surface area contributed by atoms with E-state index in [0.29, 0.717) is 17.2 Å². The van der Waals surface area contributed by atoms with Gasteiger partial charge in [0.25, 0.3) is 0 Å². The van der Waals surface area contributed by atoms with Gasteiger partial charge in [-0.2, -0.15) is 22.6 Å². The van der Waals surface area contributed by atoms with Crippen LogP contribution in [-0.2, 0) is 23.0 Å². The standard InChI is InChI=1S/C17H18F3N5O2S/c1-9-5-12-13(6-10(9)2)22-16(21-12)15-11-3-4-25(7-14(11)23-24-15)28(26,27)8-17(18,19)20/h5-6H,3-4,7-8H2,1-2H3,(H,21,22)(H,23,24). The number of nitrogens with one attached hydrogen (secondary N) is 2. The first-order valence-electron chi connectivity index (χ1n) is 8.61. The van der Waals surface area contributed by atoms with E-state index in [4.69, 9.17) is 0 Å². The van der Waals surface area contributed by atoms with Crippen molar-refractivity contribution < 1.29 is 21.6 Å². The topological polar surface area (TPSA) is 94.7 Å². The van der Waals surface area contributed by atoms with Gasteiger partial charge < -0.3 is 4.98 Å². The fourth-order valence-electron chi connectivity index (χ4n) is 3.41. The Labute approximate surface area is 159 Å². The molecule has 0 atom stereocenters. The molecule has 3 heterocycles. The maximum atomic E-state index is 12.5. The number of benzene rings is 1. The van der Waals surface area contributed by atoms with E-state index in [2.05, 4.69) is 20.2 Å². The molecule has 0 amide bonds. The summed E-state index contributed by atoms with van der Waals surface area (Å²) in [5, 5.41) is 7.00. The number of H-pyrrole nitrogens is 2. The molecule has 1 aromatic carbocycles. The van der Waals surface area contributed by atoms with Crippen LogP contribution in [0.15, 0.2) is 12.1 Å². The Kier molecular flexibility index (Phi) is 4.27. The molecular weight excluding hydrogens is 395 g/mol. The molecule has 7 nitrogen and oxygen atoms in total. The van der Waals surface area contributed by atoms with Gasteiger partial charge in [0.2, 0.25) is 10.0 Å². The van der Waals surface area contributed by atoms with Gasteiger partial charge in [-0.05, 0) is 43.5 Å². The molecule has 1 aliphatic heterocycles. The van der Waals surface area contributed by atoms with Crippen molar-refractivity contribution in [1.82, 2.24) is 24.5 Å². The number of hydrogen-bond acceptors (Lipinski definition) is 4. The molecule has 11 heteroatoms. The van der Waals surface area contributed by atoms with Crippen molar-refractivity contribution in [1.29, 1.82) is 0 Å². The first kappa shape index (κ1) is 18.9. The van der Waals surface area contributed by atoms with Crippen LogP contribution in [0.1, 0.15) is 22.4 Å². The highest BCUT2D eigenvalue weighted by atomic mass is 32.2. The molecule has 150 valence electrons. The van der Waals surface area contributed by atoms with Gasteiger partial charge in [-0.15, -0.1) is 0 Å². The van der Waals surface area contributed by atoms with Gasteiger partial charge in [0.15, 0.2) is 11.6 Å². The van der Waals surface area contributed by atoms with Crippen molar-refractivity contribution in [2.75, 3.05) is 12.3 Å². The second-order valence-electron chi connectivity index (χ2n) is 7.02. The second kappa shape index (κ2) is 6.31. The van der Waals surface area contributed by atoms with Crippen LogP contribution in [0.3, 0.4) is 0 Å². The van der Waals surface area contributed by atoms with Crippen molar-refractivity contribution in [3.63, 3.8) is 0 Å². The van der Waals surface area contributed by atoms with Crippen LogP contribution >= 0.6 is 0 Å². The highest BCUT2D eigenvalue weighted by Crippen LogP contribution is 2.30. The zero-order valence-electron chi connectivity index (χ0n) is 15.2. The van der Waals surface area contributed by atoms with Gasteiger partial charge in [-0.3, -0.25) is 5.10 Å². The van der Waals surface area contributed by atoms with Gasteiger partial charge in [-0.25, -0.2) is 13.4 Å². The Morgan fingerprint density at radius 2 is 1.93 bits per heavy atom. The van der Waals surface area contributed by atoms with E-state index in [1.54, 1.807) is 0 Å². The number of aryl methyl sites for hydroxylation is 2. The molecule has 0 bridgehead atoms. The number of imidazole rings is 1. The van der Waals surface area contributed by atoms with Crippen LogP contribution in [0.2, 0.25) is 0 Å². The first-order valence-corrected chi connectivity index (χ1v) is 10.2. The summed E-state index contributed by atoms with van der Waals surface area (Å²) in [6.07, 6.45) is -4.52. The number of fused-ring (bicyclic) bond motifs is 2. The van der Waals surface area contributed by atoms with Crippen molar-refractivity contribution in [3.05, 3.63) is 34.5 Å². The van der Waals surface area contributed by atoms with Crippen LogP contribution in [0.5, 0.6) is 0 Å². The molecule has 0 aliphatic carbocycles. The molecule has 0 saturated heterocycles. The summed E-state index contributed by atoms with van der Waals surface area (Å²) in [6.45, 7) is 3.80. The summed E-state index contributed by atoms with van der Waals surface area (Å²) in [5.41, 5.74) is 5.71. The number of halogens is 3. The predicted molar refractivity (Wildman–Crippen MR) is 97.1 cm³/mol. The summed E-state index contributed by atoms with van der Waals surface area (Å²) < 4.78 is 62.5. The number of hydrogen-bond donors (Lipinski definition) is 2. The van der Waals surface area contributed by atoms with Crippen molar-refractivity contribution in [3.8, 4) is 11.5 Å². The predicted octanol–water partition coefficient (Wildman–Crippen LogP) is 2.82. The van der Waals surface area contributed by atoms with Crippen LogP contribution in [0.4, 0.5) is 13.2 Å². The average molecular weight is 413 g/mol. The number of sulfonamides is 1. The van der Waals surface area contributed by atoms with E-state index in [1.807, 2.05) is 26.0 Å². The van der Waals surface area contributed by atoms with Gasteiger partial charge in [-0.1, -0.05) is 0 Å². The fraction of sp³-hybridized carbons (Fsp3) is 0.412. The smallest absolute Gasteiger partial charge is 0.337 e. The van der Waals surface area contributed by atoms with Crippen molar-refractivity contribution in [2.24, 2.45) is 0 Å². The number of aromatic amines is 2. The van der Waals surface area contributed by atoms with Gasteiger partial charge >= 0.3 is 6.18 Å². The quantitative estimate of drug-likeness (QED) is 0.690. The highest BCUT2D eigenvalue weighted by molar-refractivity contribution is 7.89. The third-order valence-electron chi connectivity index (χ3n) is 4.96. The molecular formula is C17H18F3N5O2S. The summed E-state index contributed by atoms with van der Waals surface area (Å²) in [7, 11) is -4.43. The second-order valence-corrected chi connectivity index (χ2v) is 8.99. The number of aromatic nitrogens is 4. The minimum absolute atomic E-state index is 0.0314. The monoisotopic (exact) mass is 413 g/mol. The normalized spacial score (nSPS) is 15.9.